The largest absolute Gasteiger partial charge is 0.300 e. The molecule has 1 nitrogen and oxygen atoms in total. The van der Waals surface area contributed by atoms with Crippen molar-refractivity contribution < 1.29 is 4.79 Å². The minimum atomic E-state index is 0.483. The third kappa shape index (κ3) is 0.396. The van der Waals surface area contributed by atoms with Crippen molar-refractivity contribution >= 4 is 5.78 Å². The van der Waals surface area contributed by atoms with Gasteiger partial charge in [0.05, 0.1) is 0 Å². The van der Waals surface area contributed by atoms with Gasteiger partial charge in [-0.25, -0.2) is 0 Å². The van der Waals surface area contributed by atoms with Gasteiger partial charge in [0, 0.05) is 12.8 Å². The molecule has 0 saturated heterocycles. The van der Waals surface area contributed by atoms with Crippen LogP contribution in [-0.4, -0.2) is 5.78 Å². The van der Waals surface area contributed by atoms with Crippen LogP contribution in [0, 0.1) is 11.3 Å². The predicted molar refractivity (Wildman–Crippen MR) is 30.5 cm³/mol. The van der Waals surface area contributed by atoms with E-state index in [2.05, 4.69) is 6.92 Å². The normalized spacial score (nSPS) is 51.6. The summed E-state index contributed by atoms with van der Waals surface area (Å²) >= 11 is 0. The Morgan fingerprint density at radius 1 is 1.75 bits per heavy atom. The summed E-state index contributed by atoms with van der Waals surface area (Å²) in [6, 6.07) is 0. The van der Waals surface area contributed by atoms with E-state index >= 15 is 0 Å². The van der Waals surface area contributed by atoms with E-state index in [1.165, 1.54) is 6.42 Å². The minimum Gasteiger partial charge on any atom is -0.300 e. The Kier molecular flexibility index (Phi) is 0.565. The molecule has 2 saturated carbocycles. The summed E-state index contributed by atoms with van der Waals surface area (Å²) in [5.74, 6) is 1.28. The maximum absolute atomic E-state index is 10.7. The van der Waals surface area contributed by atoms with E-state index in [9.17, 15) is 4.79 Å². The summed E-state index contributed by atoms with van der Waals surface area (Å²) in [5.41, 5.74) is 0.483. The van der Waals surface area contributed by atoms with Gasteiger partial charge in [-0.3, -0.25) is 4.79 Å². The number of rotatable bonds is 0. The third-order valence-corrected chi connectivity index (χ3v) is 2.61. The average molecular weight is 110 g/mol. The Balaban J connectivity index is 2.21. The first-order chi connectivity index (χ1) is 3.71. The van der Waals surface area contributed by atoms with Crippen molar-refractivity contribution in [2.24, 2.45) is 11.3 Å². The Morgan fingerprint density at radius 2 is 2.50 bits per heavy atom. The first kappa shape index (κ1) is 4.54. The van der Waals surface area contributed by atoms with Gasteiger partial charge >= 0.3 is 0 Å². The fourth-order valence-corrected chi connectivity index (χ4v) is 1.84. The van der Waals surface area contributed by atoms with Crippen LogP contribution in [0.1, 0.15) is 26.2 Å². The molecular formula is C7H10O. The monoisotopic (exact) mass is 110 g/mol. The van der Waals surface area contributed by atoms with Crippen LogP contribution in [0.4, 0.5) is 0 Å². The lowest BCUT2D eigenvalue weighted by atomic mass is 10.1. The quantitative estimate of drug-likeness (QED) is 0.460. The summed E-state index contributed by atoms with van der Waals surface area (Å²) in [4.78, 5) is 10.7. The SMILES string of the molecule is CC12CC(=O)CC1C2. The molecule has 0 heterocycles. The van der Waals surface area contributed by atoms with Crippen molar-refractivity contribution in [3.05, 3.63) is 0 Å². The van der Waals surface area contributed by atoms with Crippen LogP contribution in [0.5, 0.6) is 0 Å². The fourth-order valence-electron chi connectivity index (χ4n) is 1.84. The second-order valence-electron chi connectivity index (χ2n) is 3.47. The van der Waals surface area contributed by atoms with Gasteiger partial charge in [-0.05, 0) is 17.8 Å². The molecule has 2 fully saturated rings. The Bertz CT molecular complexity index is 150. The van der Waals surface area contributed by atoms with Crippen molar-refractivity contribution in [2.75, 3.05) is 0 Å². The molecule has 0 aromatic heterocycles. The smallest absolute Gasteiger partial charge is 0.133 e. The van der Waals surface area contributed by atoms with E-state index in [0.717, 1.165) is 18.8 Å². The summed E-state index contributed by atoms with van der Waals surface area (Å²) in [7, 11) is 0. The fraction of sp³-hybridized carbons (Fsp3) is 0.857. The molecular weight excluding hydrogens is 100 g/mol. The molecule has 1 heteroatoms. The standard InChI is InChI=1S/C7H10O/c1-7-3-5(7)2-6(8)4-7/h5H,2-4H2,1H3. The highest BCUT2D eigenvalue weighted by Crippen LogP contribution is 2.61. The van der Waals surface area contributed by atoms with E-state index < -0.39 is 0 Å². The van der Waals surface area contributed by atoms with Crippen LogP contribution in [-0.2, 0) is 4.79 Å². The van der Waals surface area contributed by atoms with Crippen molar-refractivity contribution in [2.45, 2.75) is 26.2 Å². The molecule has 0 bridgehead atoms. The van der Waals surface area contributed by atoms with Crippen LogP contribution in [0.15, 0.2) is 0 Å². The third-order valence-electron chi connectivity index (χ3n) is 2.61. The molecule has 8 heavy (non-hydrogen) atoms. The van der Waals surface area contributed by atoms with E-state index in [0.29, 0.717) is 11.2 Å². The van der Waals surface area contributed by atoms with Crippen LogP contribution in [0.25, 0.3) is 0 Å². The molecule has 2 aliphatic rings. The van der Waals surface area contributed by atoms with Crippen LogP contribution < -0.4 is 0 Å². The Labute approximate surface area is 49.1 Å². The maximum atomic E-state index is 10.7. The van der Waals surface area contributed by atoms with Gasteiger partial charge in [-0.15, -0.1) is 0 Å². The second kappa shape index (κ2) is 0.996. The van der Waals surface area contributed by atoms with E-state index in [1.807, 2.05) is 0 Å². The molecule has 2 unspecified atom stereocenters. The molecule has 0 radical (unpaired) electrons. The zero-order valence-corrected chi connectivity index (χ0v) is 5.11. The lowest BCUT2D eigenvalue weighted by molar-refractivity contribution is -0.118. The van der Waals surface area contributed by atoms with Crippen molar-refractivity contribution in [1.82, 2.24) is 0 Å². The number of carbonyl (C=O) groups is 1. The molecule has 2 rings (SSSR count). The summed E-state index contributed by atoms with van der Waals surface area (Å²) < 4.78 is 0. The maximum Gasteiger partial charge on any atom is 0.133 e. The van der Waals surface area contributed by atoms with Crippen molar-refractivity contribution in [3.8, 4) is 0 Å². The number of Topliss-reactive ketones (excluding diaryl/α,β-unsaturated/α-hetero) is 1. The molecule has 2 atom stereocenters. The zero-order chi connectivity index (χ0) is 5.78. The number of carbonyl (C=O) groups excluding carboxylic acids is 1. The van der Waals surface area contributed by atoms with Gasteiger partial charge in [0.2, 0.25) is 0 Å². The molecule has 0 aromatic carbocycles. The van der Waals surface area contributed by atoms with E-state index in [-0.39, 0.29) is 0 Å². The van der Waals surface area contributed by atoms with Gasteiger partial charge in [-0.2, -0.15) is 0 Å². The van der Waals surface area contributed by atoms with Crippen LogP contribution in [0.3, 0.4) is 0 Å². The second-order valence-corrected chi connectivity index (χ2v) is 3.47. The molecule has 0 aromatic rings. The highest BCUT2D eigenvalue weighted by atomic mass is 16.1. The highest BCUT2D eigenvalue weighted by Gasteiger charge is 2.56. The first-order valence-electron chi connectivity index (χ1n) is 3.22. The lowest BCUT2D eigenvalue weighted by Gasteiger charge is -1.95. The lowest BCUT2D eigenvalue weighted by Crippen LogP contribution is -1.95. The number of ketones is 1. The zero-order valence-electron chi connectivity index (χ0n) is 5.11. The summed E-state index contributed by atoms with van der Waals surface area (Å²) in [6.07, 6.45) is 3.08. The van der Waals surface area contributed by atoms with Gasteiger partial charge in [0.1, 0.15) is 5.78 Å². The predicted octanol–water partition coefficient (Wildman–Crippen LogP) is 1.38. The number of fused-ring (bicyclic) bond motifs is 1. The number of hydrogen-bond donors (Lipinski definition) is 0. The van der Waals surface area contributed by atoms with E-state index in [1.54, 1.807) is 0 Å². The Morgan fingerprint density at radius 3 is 2.75 bits per heavy atom. The first-order valence-corrected chi connectivity index (χ1v) is 3.22. The van der Waals surface area contributed by atoms with Gasteiger partial charge in [0.25, 0.3) is 0 Å². The molecule has 44 valence electrons. The molecule has 0 aliphatic heterocycles. The number of hydrogen-bond acceptors (Lipinski definition) is 1. The molecule has 2 aliphatic carbocycles. The summed E-state index contributed by atoms with van der Waals surface area (Å²) in [5, 5.41) is 0. The van der Waals surface area contributed by atoms with Gasteiger partial charge < -0.3 is 0 Å². The topological polar surface area (TPSA) is 17.1 Å². The average Bonchev–Trinajstić information content (AvgIpc) is 2.07. The van der Waals surface area contributed by atoms with Gasteiger partial charge in [-0.1, -0.05) is 6.92 Å². The van der Waals surface area contributed by atoms with Crippen molar-refractivity contribution in [1.29, 1.82) is 0 Å². The van der Waals surface area contributed by atoms with Crippen LogP contribution in [0.2, 0.25) is 0 Å². The minimum absolute atomic E-state index is 0.483. The highest BCUT2D eigenvalue weighted by molar-refractivity contribution is 5.83. The molecule has 0 amide bonds. The molecule has 0 spiro atoms. The summed E-state index contributed by atoms with van der Waals surface area (Å²) in [6.45, 7) is 2.22. The van der Waals surface area contributed by atoms with Gasteiger partial charge in [0.15, 0.2) is 0 Å². The van der Waals surface area contributed by atoms with Crippen molar-refractivity contribution in [3.63, 3.8) is 0 Å². The molecule has 0 N–H and O–H groups in total. The van der Waals surface area contributed by atoms with E-state index in [4.69, 9.17) is 0 Å². The van der Waals surface area contributed by atoms with Crippen LogP contribution >= 0.6 is 0 Å². The Hall–Kier alpha value is -0.330.